The average Bonchev–Trinajstić information content (AvgIpc) is 2.71. The number of carbonyl (C=O) groups excluding carboxylic acids is 1. The molecule has 1 aliphatic heterocycles. The van der Waals surface area contributed by atoms with Gasteiger partial charge >= 0.3 is 5.97 Å². The maximum absolute atomic E-state index is 11.4. The number of esters is 1. The fraction of sp³-hybridized carbons (Fsp3) is 0.400. The molecule has 1 aliphatic rings. The van der Waals surface area contributed by atoms with Gasteiger partial charge in [0.25, 0.3) is 0 Å². The number of cyclic esters (lactones) is 1. The lowest BCUT2D eigenvalue weighted by atomic mass is 10.0. The van der Waals surface area contributed by atoms with E-state index in [4.69, 9.17) is 9.47 Å². The number of benzene rings is 1. The van der Waals surface area contributed by atoms with Crippen LogP contribution in [0.3, 0.4) is 0 Å². The van der Waals surface area contributed by atoms with E-state index in [1.165, 1.54) is 0 Å². The van der Waals surface area contributed by atoms with Crippen molar-refractivity contribution in [3.63, 3.8) is 0 Å². The van der Waals surface area contributed by atoms with Gasteiger partial charge in [0.05, 0.1) is 12.5 Å². The lowest BCUT2D eigenvalue weighted by Gasteiger charge is -2.19. The second kappa shape index (κ2) is 5.83. The van der Waals surface area contributed by atoms with Gasteiger partial charge in [0.2, 0.25) is 0 Å². The van der Waals surface area contributed by atoms with Crippen molar-refractivity contribution in [3.8, 4) is 0 Å². The summed E-state index contributed by atoms with van der Waals surface area (Å²) >= 11 is 0. The molecule has 0 aliphatic carbocycles. The molecule has 3 nitrogen and oxygen atoms in total. The zero-order valence-corrected chi connectivity index (χ0v) is 10.5. The van der Waals surface area contributed by atoms with Crippen LogP contribution in [-0.2, 0) is 20.9 Å². The number of hydrogen-bond donors (Lipinski definition) is 0. The summed E-state index contributed by atoms with van der Waals surface area (Å²) in [7, 11) is 0. The Balaban J connectivity index is 1.90. The third kappa shape index (κ3) is 2.99. The molecule has 18 heavy (non-hydrogen) atoms. The molecule has 1 fully saturated rings. The minimum atomic E-state index is -0.237. The highest BCUT2D eigenvalue weighted by atomic mass is 16.6. The molecule has 1 heterocycles. The molecule has 0 aromatic heterocycles. The number of rotatable bonds is 5. The molecule has 1 aromatic rings. The maximum atomic E-state index is 11.4. The van der Waals surface area contributed by atoms with Gasteiger partial charge in [-0.05, 0) is 5.56 Å². The highest BCUT2D eigenvalue weighted by molar-refractivity contribution is 5.74. The van der Waals surface area contributed by atoms with Crippen molar-refractivity contribution in [2.24, 2.45) is 5.92 Å². The quantitative estimate of drug-likeness (QED) is 0.592. The molecule has 0 bridgehead atoms. The first-order chi connectivity index (χ1) is 8.70. The monoisotopic (exact) mass is 246 g/mol. The maximum Gasteiger partial charge on any atom is 0.309 e. The van der Waals surface area contributed by atoms with E-state index in [0.717, 1.165) is 5.56 Å². The zero-order valence-electron chi connectivity index (χ0n) is 10.5. The normalized spacial score (nSPS) is 24.6. The van der Waals surface area contributed by atoms with Crippen LogP contribution in [0.2, 0.25) is 0 Å². The van der Waals surface area contributed by atoms with Crippen LogP contribution < -0.4 is 0 Å². The molecule has 0 N–H and O–H groups in total. The van der Waals surface area contributed by atoms with Gasteiger partial charge in [-0.15, -0.1) is 6.58 Å². The number of ether oxygens (including phenoxy) is 2. The Bertz CT molecular complexity index is 413. The van der Waals surface area contributed by atoms with Crippen LogP contribution in [0.5, 0.6) is 0 Å². The molecular weight excluding hydrogens is 228 g/mol. The third-order valence-electron chi connectivity index (χ3n) is 3.14. The highest BCUT2D eigenvalue weighted by Gasteiger charge is 2.35. The van der Waals surface area contributed by atoms with Crippen molar-refractivity contribution in [2.75, 3.05) is 0 Å². The largest absolute Gasteiger partial charge is 0.459 e. The summed E-state index contributed by atoms with van der Waals surface area (Å²) < 4.78 is 11.0. The summed E-state index contributed by atoms with van der Waals surface area (Å²) in [5.74, 6) is -0.187. The van der Waals surface area contributed by atoms with Crippen LogP contribution in [0.15, 0.2) is 43.0 Å². The van der Waals surface area contributed by atoms with E-state index in [1.54, 1.807) is 6.08 Å². The Labute approximate surface area is 107 Å². The van der Waals surface area contributed by atoms with Gasteiger partial charge in [-0.1, -0.05) is 43.3 Å². The van der Waals surface area contributed by atoms with Gasteiger partial charge in [-0.2, -0.15) is 0 Å². The third-order valence-corrected chi connectivity index (χ3v) is 3.14. The predicted molar refractivity (Wildman–Crippen MR) is 68.9 cm³/mol. The van der Waals surface area contributed by atoms with Crippen molar-refractivity contribution < 1.29 is 14.3 Å². The van der Waals surface area contributed by atoms with Crippen molar-refractivity contribution in [2.45, 2.75) is 32.2 Å². The van der Waals surface area contributed by atoms with E-state index in [0.29, 0.717) is 13.0 Å². The minimum Gasteiger partial charge on any atom is -0.459 e. The van der Waals surface area contributed by atoms with Gasteiger partial charge in [0.15, 0.2) is 0 Å². The summed E-state index contributed by atoms with van der Waals surface area (Å²) in [4.78, 5) is 11.4. The molecule has 3 atom stereocenters. The molecular formula is C15H18O3. The molecule has 0 radical (unpaired) electrons. The average molecular weight is 246 g/mol. The summed E-state index contributed by atoms with van der Waals surface area (Å²) in [6, 6.07) is 9.92. The van der Waals surface area contributed by atoms with Crippen LogP contribution in [0.4, 0.5) is 0 Å². The van der Waals surface area contributed by atoms with Crippen molar-refractivity contribution >= 4 is 5.97 Å². The van der Waals surface area contributed by atoms with Crippen LogP contribution in [0, 0.1) is 5.92 Å². The first kappa shape index (κ1) is 12.8. The van der Waals surface area contributed by atoms with E-state index in [2.05, 4.69) is 6.58 Å². The Morgan fingerprint density at radius 3 is 2.78 bits per heavy atom. The lowest BCUT2D eigenvalue weighted by molar-refractivity contribution is -0.148. The summed E-state index contributed by atoms with van der Waals surface area (Å²) in [6.07, 6.45) is 1.97. The van der Waals surface area contributed by atoms with Crippen molar-refractivity contribution in [3.05, 3.63) is 48.6 Å². The molecule has 0 spiro atoms. The Hall–Kier alpha value is -1.61. The van der Waals surface area contributed by atoms with E-state index in [-0.39, 0.29) is 24.1 Å². The van der Waals surface area contributed by atoms with Gasteiger partial charge in [-0.3, -0.25) is 4.79 Å². The van der Waals surface area contributed by atoms with Crippen LogP contribution in [0.25, 0.3) is 0 Å². The molecule has 0 saturated carbocycles. The van der Waals surface area contributed by atoms with Gasteiger partial charge in [-0.25, -0.2) is 0 Å². The van der Waals surface area contributed by atoms with Crippen molar-refractivity contribution in [1.82, 2.24) is 0 Å². The van der Waals surface area contributed by atoms with E-state index in [9.17, 15) is 4.79 Å². The fourth-order valence-corrected chi connectivity index (χ4v) is 2.05. The number of carbonyl (C=O) groups is 1. The molecule has 2 rings (SSSR count). The van der Waals surface area contributed by atoms with E-state index >= 15 is 0 Å². The summed E-state index contributed by atoms with van der Waals surface area (Å²) in [6.45, 7) is 6.13. The first-order valence-electron chi connectivity index (χ1n) is 6.19. The van der Waals surface area contributed by atoms with Gasteiger partial charge in [0, 0.05) is 6.42 Å². The summed E-state index contributed by atoms with van der Waals surface area (Å²) in [5, 5.41) is 0. The second-order valence-electron chi connectivity index (χ2n) is 4.61. The van der Waals surface area contributed by atoms with E-state index in [1.807, 2.05) is 37.3 Å². The standard InChI is InChI=1S/C15H18O3/c1-3-13(14-9-11(2)15(16)18-14)17-10-12-7-5-4-6-8-12/h3-8,11,13-14H,1,9-10H2,2H3/t11-,13-,14+/m1/s1. The SMILES string of the molecule is C=C[C@@H](OCc1ccccc1)[C@@H]1C[C@@H](C)C(=O)O1. The Morgan fingerprint density at radius 1 is 1.50 bits per heavy atom. The topological polar surface area (TPSA) is 35.5 Å². The lowest BCUT2D eigenvalue weighted by Crippen LogP contribution is -2.26. The smallest absolute Gasteiger partial charge is 0.309 e. The van der Waals surface area contributed by atoms with Crippen LogP contribution in [-0.4, -0.2) is 18.2 Å². The minimum absolute atomic E-state index is 0.0437. The fourth-order valence-electron chi connectivity index (χ4n) is 2.05. The molecule has 1 saturated heterocycles. The molecule has 1 aromatic carbocycles. The van der Waals surface area contributed by atoms with Crippen LogP contribution in [0.1, 0.15) is 18.9 Å². The van der Waals surface area contributed by atoms with Crippen LogP contribution >= 0.6 is 0 Å². The zero-order chi connectivity index (χ0) is 13.0. The predicted octanol–water partition coefficient (Wildman–Crippen LogP) is 2.71. The van der Waals surface area contributed by atoms with E-state index < -0.39 is 0 Å². The molecule has 96 valence electrons. The molecule has 0 unspecified atom stereocenters. The molecule has 0 amide bonds. The van der Waals surface area contributed by atoms with Crippen molar-refractivity contribution in [1.29, 1.82) is 0 Å². The summed E-state index contributed by atoms with van der Waals surface area (Å²) in [5.41, 5.74) is 1.10. The number of hydrogen-bond acceptors (Lipinski definition) is 3. The van der Waals surface area contributed by atoms with Gasteiger partial charge in [0.1, 0.15) is 12.2 Å². The van der Waals surface area contributed by atoms with Gasteiger partial charge < -0.3 is 9.47 Å². The molecule has 3 heteroatoms. The first-order valence-corrected chi connectivity index (χ1v) is 6.19. The highest BCUT2D eigenvalue weighted by Crippen LogP contribution is 2.25. The second-order valence-corrected chi connectivity index (χ2v) is 4.61. The Morgan fingerprint density at radius 2 is 2.22 bits per heavy atom. The Kier molecular flexibility index (Phi) is 4.15.